The van der Waals surface area contributed by atoms with E-state index in [1.807, 2.05) is 18.2 Å². The molecule has 1 aromatic carbocycles. The summed E-state index contributed by atoms with van der Waals surface area (Å²) in [6.07, 6.45) is 5.86. The van der Waals surface area contributed by atoms with E-state index < -0.39 is 0 Å². The van der Waals surface area contributed by atoms with Crippen LogP contribution in [0.3, 0.4) is 0 Å². The molecule has 0 radical (unpaired) electrons. The fraction of sp³-hybridized carbons (Fsp3) is 0.500. The molecule has 134 valence electrons. The quantitative estimate of drug-likeness (QED) is 0.836. The first-order chi connectivity index (χ1) is 12.2. The molecule has 1 aliphatic heterocycles. The number of aryl methyl sites for hydroxylation is 1. The van der Waals surface area contributed by atoms with Crippen molar-refractivity contribution in [3.05, 3.63) is 47.3 Å². The van der Waals surface area contributed by atoms with Crippen LogP contribution in [0.4, 0.5) is 5.69 Å². The Balaban J connectivity index is 1.57. The van der Waals surface area contributed by atoms with Crippen LogP contribution in [0.15, 0.2) is 30.3 Å². The molecular weight excluding hydrogens is 312 g/mol. The summed E-state index contributed by atoms with van der Waals surface area (Å²) in [5.41, 5.74) is 3.53. The first-order valence-electron chi connectivity index (χ1n) is 9.34. The Kier molecular flexibility index (Phi) is 5.87. The topological polar surface area (TPSA) is 61.0 Å². The van der Waals surface area contributed by atoms with E-state index in [2.05, 4.69) is 46.4 Å². The molecule has 5 heteroatoms. The van der Waals surface area contributed by atoms with E-state index in [0.29, 0.717) is 11.7 Å². The maximum Gasteiger partial charge on any atom is 0.276 e. The summed E-state index contributed by atoms with van der Waals surface area (Å²) in [4.78, 5) is 14.8. The van der Waals surface area contributed by atoms with Crippen molar-refractivity contribution in [2.24, 2.45) is 0 Å². The molecule has 5 nitrogen and oxygen atoms in total. The van der Waals surface area contributed by atoms with Gasteiger partial charge < -0.3 is 5.32 Å². The molecule has 0 aliphatic carbocycles. The number of benzene rings is 1. The van der Waals surface area contributed by atoms with Gasteiger partial charge in [0.15, 0.2) is 5.69 Å². The van der Waals surface area contributed by atoms with Crippen molar-refractivity contribution in [1.29, 1.82) is 0 Å². The second-order valence-electron chi connectivity index (χ2n) is 6.99. The number of aromatic amines is 1. The van der Waals surface area contributed by atoms with Crippen LogP contribution in [0, 0.1) is 0 Å². The lowest BCUT2D eigenvalue weighted by molar-refractivity contribution is 0.102. The third kappa shape index (κ3) is 4.69. The molecule has 25 heavy (non-hydrogen) atoms. The van der Waals surface area contributed by atoms with Crippen LogP contribution in [0.5, 0.6) is 0 Å². The van der Waals surface area contributed by atoms with Crippen LogP contribution in [0.1, 0.15) is 61.3 Å². The van der Waals surface area contributed by atoms with Gasteiger partial charge in [-0.1, -0.05) is 31.9 Å². The lowest BCUT2D eigenvalue weighted by Gasteiger charge is -2.33. The number of nitrogens with zero attached hydrogens (tertiary/aromatic N) is 2. The number of hydrogen-bond donors (Lipinski definition) is 2. The predicted octanol–water partition coefficient (Wildman–Crippen LogP) is 3.99. The van der Waals surface area contributed by atoms with E-state index in [-0.39, 0.29) is 5.91 Å². The van der Waals surface area contributed by atoms with E-state index in [1.54, 1.807) is 0 Å². The second-order valence-corrected chi connectivity index (χ2v) is 6.99. The number of likely N-dealkylation sites (tertiary alicyclic amines) is 1. The van der Waals surface area contributed by atoms with Gasteiger partial charge in [-0.05, 0) is 56.5 Å². The Labute approximate surface area is 149 Å². The maximum atomic E-state index is 12.3. The SMILES string of the molecule is CCCc1cc(C(=O)Nc2ccc(CN3CCCCC3C)cc2)n[nH]1. The Hall–Kier alpha value is -2.14. The van der Waals surface area contributed by atoms with Gasteiger partial charge in [-0.2, -0.15) is 5.10 Å². The van der Waals surface area contributed by atoms with Gasteiger partial charge in [0.25, 0.3) is 5.91 Å². The molecule has 1 atom stereocenters. The summed E-state index contributed by atoms with van der Waals surface area (Å²) in [7, 11) is 0. The lowest BCUT2D eigenvalue weighted by Crippen LogP contribution is -2.36. The highest BCUT2D eigenvalue weighted by Gasteiger charge is 2.18. The molecule has 1 unspecified atom stereocenters. The first-order valence-corrected chi connectivity index (χ1v) is 9.34. The van der Waals surface area contributed by atoms with Gasteiger partial charge in [-0.3, -0.25) is 14.8 Å². The highest BCUT2D eigenvalue weighted by Crippen LogP contribution is 2.20. The minimum absolute atomic E-state index is 0.170. The zero-order chi connectivity index (χ0) is 17.6. The fourth-order valence-corrected chi connectivity index (χ4v) is 3.39. The number of carbonyl (C=O) groups is 1. The maximum absolute atomic E-state index is 12.3. The van der Waals surface area contributed by atoms with Gasteiger partial charge in [0, 0.05) is 24.0 Å². The number of nitrogens with one attached hydrogen (secondary N) is 2. The summed E-state index contributed by atoms with van der Waals surface area (Å²) < 4.78 is 0. The zero-order valence-corrected chi connectivity index (χ0v) is 15.2. The van der Waals surface area contributed by atoms with Crippen molar-refractivity contribution in [2.45, 2.75) is 58.5 Å². The summed E-state index contributed by atoms with van der Waals surface area (Å²) in [5, 5.41) is 9.92. The van der Waals surface area contributed by atoms with Crippen LogP contribution in [-0.4, -0.2) is 33.6 Å². The number of hydrogen-bond acceptors (Lipinski definition) is 3. The van der Waals surface area contributed by atoms with Gasteiger partial charge in [0.05, 0.1) is 0 Å². The molecule has 2 aromatic rings. The minimum atomic E-state index is -0.170. The number of carbonyl (C=O) groups excluding carboxylic acids is 1. The molecule has 3 rings (SSSR count). The number of aromatic nitrogens is 2. The number of rotatable bonds is 6. The monoisotopic (exact) mass is 340 g/mol. The number of H-pyrrole nitrogens is 1. The standard InChI is InChI=1S/C20H28N4O/c1-3-6-18-13-19(23-22-18)20(25)21-17-10-8-16(9-11-17)14-24-12-5-4-7-15(24)2/h8-11,13,15H,3-7,12,14H2,1-2H3,(H,21,25)(H,22,23). The van der Waals surface area contributed by atoms with Gasteiger partial charge in [0.2, 0.25) is 0 Å². The number of amides is 1. The molecule has 0 saturated carbocycles. The third-order valence-electron chi connectivity index (χ3n) is 4.92. The molecule has 1 aromatic heterocycles. The van der Waals surface area contributed by atoms with Crippen molar-refractivity contribution in [3.8, 4) is 0 Å². The van der Waals surface area contributed by atoms with Crippen molar-refractivity contribution in [1.82, 2.24) is 15.1 Å². The van der Waals surface area contributed by atoms with E-state index in [0.717, 1.165) is 30.8 Å². The second kappa shape index (κ2) is 8.30. The summed E-state index contributed by atoms with van der Waals surface area (Å²) in [5.74, 6) is -0.170. The summed E-state index contributed by atoms with van der Waals surface area (Å²) >= 11 is 0. The number of anilines is 1. The highest BCUT2D eigenvalue weighted by molar-refractivity contribution is 6.02. The van der Waals surface area contributed by atoms with Gasteiger partial charge in [-0.25, -0.2) is 0 Å². The Morgan fingerprint density at radius 3 is 2.84 bits per heavy atom. The summed E-state index contributed by atoms with van der Waals surface area (Å²) in [6, 6.07) is 10.6. The van der Waals surface area contributed by atoms with Crippen LogP contribution < -0.4 is 5.32 Å². The zero-order valence-electron chi connectivity index (χ0n) is 15.2. The molecule has 1 saturated heterocycles. The fourth-order valence-electron chi connectivity index (χ4n) is 3.39. The first kappa shape index (κ1) is 17.7. The third-order valence-corrected chi connectivity index (χ3v) is 4.92. The van der Waals surface area contributed by atoms with Crippen molar-refractivity contribution < 1.29 is 4.79 Å². The van der Waals surface area contributed by atoms with Gasteiger partial charge in [-0.15, -0.1) is 0 Å². The van der Waals surface area contributed by atoms with Crippen molar-refractivity contribution in [3.63, 3.8) is 0 Å². The van der Waals surface area contributed by atoms with E-state index in [4.69, 9.17) is 0 Å². The normalized spacial score (nSPS) is 18.2. The average molecular weight is 340 g/mol. The van der Waals surface area contributed by atoms with Crippen molar-refractivity contribution in [2.75, 3.05) is 11.9 Å². The lowest BCUT2D eigenvalue weighted by atomic mass is 10.0. The van der Waals surface area contributed by atoms with Crippen LogP contribution in [0.2, 0.25) is 0 Å². The molecular formula is C20H28N4O. The van der Waals surface area contributed by atoms with E-state index in [1.165, 1.54) is 31.4 Å². The Morgan fingerprint density at radius 2 is 2.12 bits per heavy atom. The average Bonchev–Trinajstić information content (AvgIpc) is 3.08. The summed E-state index contributed by atoms with van der Waals surface area (Å²) in [6.45, 7) is 6.57. The van der Waals surface area contributed by atoms with Gasteiger partial charge in [0.1, 0.15) is 0 Å². The largest absolute Gasteiger partial charge is 0.321 e. The van der Waals surface area contributed by atoms with E-state index in [9.17, 15) is 4.79 Å². The highest BCUT2D eigenvalue weighted by atomic mass is 16.1. The minimum Gasteiger partial charge on any atom is -0.321 e. The molecule has 1 aliphatic rings. The Bertz CT molecular complexity index is 692. The smallest absolute Gasteiger partial charge is 0.276 e. The number of piperidine rings is 1. The Morgan fingerprint density at radius 1 is 1.32 bits per heavy atom. The predicted molar refractivity (Wildman–Crippen MR) is 101 cm³/mol. The van der Waals surface area contributed by atoms with Crippen LogP contribution in [-0.2, 0) is 13.0 Å². The molecule has 1 fully saturated rings. The van der Waals surface area contributed by atoms with Crippen LogP contribution in [0.25, 0.3) is 0 Å². The van der Waals surface area contributed by atoms with Crippen LogP contribution >= 0.6 is 0 Å². The van der Waals surface area contributed by atoms with E-state index >= 15 is 0 Å². The van der Waals surface area contributed by atoms with Crippen molar-refractivity contribution >= 4 is 11.6 Å². The molecule has 2 N–H and O–H groups in total. The molecule has 0 spiro atoms. The molecule has 0 bridgehead atoms. The van der Waals surface area contributed by atoms with Gasteiger partial charge >= 0.3 is 0 Å². The molecule has 2 heterocycles. The molecule has 1 amide bonds.